The summed E-state index contributed by atoms with van der Waals surface area (Å²) in [6, 6.07) is 83.2. The van der Waals surface area contributed by atoms with E-state index in [1.165, 1.54) is 22.1 Å². The molecule has 0 aliphatic carbocycles. The second-order valence-electron chi connectivity index (χ2n) is 16.9. The molecule has 0 aliphatic rings. The van der Waals surface area contributed by atoms with E-state index >= 15 is 0 Å². The Kier molecular flexibility index (Phi) is 10.8. The van der Waals surface area contributed by atoms with Crippen molar-refractivity contribution < 1.29 is 4.42 Å². The zero-order chi connectivity index (χ0) is 44.4. The van der Waals surface area contributed by atoms with Crippen LogP contribution in [0.1, 0.15) is 35.8 Å². The van der Waals surface area contributed by atoms with Crippen LogP contribution in [0.4, 0.5) is 0 Å². The highest BCUT2D eigenvalue weighted by Crippen LogP contribution is 2.40. The van der Waals surface area contributed by atoms with Crippen LogP contribution < -0.4 is 11.1 Å². The van der Waals surface area contributed by atoms with Gasteiger partial charge in [-0.05, 0) is 109 Å². The smallest absolute Gasteiger partial charge is 0.143 e. The van der Waals surface area contributed by atoms with Crippen LogP contribution >= 0.6 is 0 Å². The van der Waals surface area contributed by atoms with Gasteiger partial charge in [-0.25, -0.2) is 0 Å². The summed E-state index contributed by atoms with van der Waals surface area (Å²) in [5, 5.41) is 8.20. The number of nitrogens with one attached hydrogen (secondary N) is 1. The van der Waals surface area contributed by atoms with Crippen molar-refractivity contribution in [1.29, 1.82) is 0 Å². The predicted octanol–water partition coefficient (Wildman–Crippen LogP) is 15.8. The molecule has 2 unspecified atom stereocenters. The predicted molar refractivity (Wildman–Crippen MR) is 276 cm³/mol. The van der Waals surface area contributed by atoms with E-state index in [1.807, 2.05) is 12.1 Å². The maximum absolute atomic E-state index is 7.09. The largest absolute Gasteiger partial charge is 0.455 e. The minimum Gasteiger partial charge on any atom is -0.455 e. The summed E-state index contributed by atoms with van der Waals surface area (Å²) >= 11 is 0. The summed E-state index contributed by atoms with van der Waals surface area (Å²) in [5.41, 5.74) is 23.4. The number of amidine groups is 1. The molecule has 0 radical (unpaired) electrons. The summed E-state index contributed by atoms with van der Waals surface area (Å²) in [6.45, 7) is 2.13. The lowest BCUT2D eigenvalue weighted by Gasteiger charge is -2.20. The number of furan rings is 1. The van der Waals surface area contributed by atoms with Gasteiger partial charge in [0, 0.05) is 21.7 Å². The third kappa shape index (κ3) is 8.07. The number of aliphatic imine (C=N–C) groups is 1. The molecule has 1 aromatic heterocycles. The van der Waals surface area contributed by atoms with Gasteiger partial charge in [0.25, 0.3) is 0 Å². The van der Waals surface area contributed by atoms with Crippen molar-refractivity contribution in [2.45, 2.75) is 19.1 Å². The summed E-state index contributed by atoms with van der Waals surface area (Å²) < 4.78 is 6.53. The minimum absolute atomic E-state index is 0.127. The lowest BCUT2D eigenvalue weighted by molar-refractivity contribution is 0.672. The molecule has 11 rings (SSSR count). The molecule has 11 aromatic rings. The van der Waals surface area contributed by atoms with Gasteiger partial charge in [-0.1, -0.05) is 206 Å². The molecule has 0 spiro atoms. The second-order valence-corrected chi connectivity index (χ2v) is 16.9. The molecule has 3 N–H and O–H groups in total. The Morgan fingerprint density at radius 1 is 0.439 bits per heavy atom. The van der Waals surface area contributed by atoms with Gasteiger partial charge in [0.05, 0.1) is 6.04 Å². The number of nitrogens with zero attached hydrogens (tertiary/aromatic N) is 1. The van der Waals surface area contributed by atoms with Crippen molar-refractivity contribution in [3.63, 3.8) is 0 Å². The van der Waals surface area contributed by atoms with Crippen molar-refractivity contribution in [2.24, 2.45) is 10.7 Å². The fourth-order valence-corrected chi connectivity index (χ4v) is 9.18. The number of benzene rings is 10. The highest BCUT2D eigenvalue weighted by atomic mass is 16.3. The molecular weight excluding hydrogens is 803 g/mol. The van der Waals surface area contributed by atoms with Crippen molar-refractivity contribution in [2.75, 3.05) is 0 Å². The van der Waals surface area contributed by atoms with E-state index in [-0.39, 0.29) is 6.04 Å². The van der Waals surface area contributed by atoms with Crippen LogP contribution in [0.15, 0.2) is 246 Å². The zero-order valence-electron chi connectivity index (χ0n) is 36.6. The standard InChI is InChI=1S/C62H47N3O/c1-41(42-28-30-45(31-29-42)43-14-4-2-5-15-43)64-62(48-34-32-46(33-35-48)44-16-6-3-7-17-44)65-61(63)54-24-12-22-52(40-54)50-20-10-19-49(38-50)51-21-11-23-53(39-51)55-26-13-27-58-59(55)57-37-36-47-18-8-9-25-56(47)60(57)66-58/h2-41,61H,63H2,1H3,(H,64,65). The van der Waals surface area contributed by atoms with Crippen LogP contribution in [0.5, 0.6) is 0 Å². The molecular formula is C62H47N3O. The second kappa shape index (κ2) is 17.7. The van der Waals surface area contributed by atoms with Crippen LogP contribution in [0, 0.1) is 0 Å². The minimum atomic E-state index is -0.523. The molecule has 10 aromatic carbocycles. The van der Waals surface area contributed by atoms with Gasteiger partial charge in [-0.15, -0.1) is 0 Å². The quantitative estimate of drug-likeness (QED) is 0.0818. The van der Waals surface area contributed by atoms with Crippen molar-refractivity contribution in [3.05, 3.63) is 253 Å². The van der Waals surface area contributed by atoms with Gasteiger partial charge >= 0.3 is 0 Å². The summed E-state index contributed by atoms with van der Waals surface area (Å²) in [5.74, 6) is 0.737. The van der Waals surface area contributed by atoms with Gasteiger partial charge in [-0.2, -0.15) is 0 Å². The third-order valence-corrected chi connectivity index (χ3v) is 12.7. The molecule has 0 amide bonds. The van der Waals surface area contributed by atoms with Crippen molar-refractivity contribution in [1.82, 2.24) is 5.32 Å². The fraction of sp³-hybridized carbons (Fsp3) is 0.0484. The van der Waals surface area contributed by atoms with Gasteiger partial charge in [0.2, 0.25) is 0 Å². The van der Waals surface area contributed by atoms with Crippen LogP contribution in [0.25, 0.3) is 88.3 Å². The molecule has 316 valence electrons. The number of hydrogen-bond donors (Lipinski definition) is 2. The molecule has 66 heavy (non-hydrogen) atoms. The number of rotatable bonds is 10. The maximum Gasteiger partial charge on any atom is 0.143 e. The lowest BCUT2D eigenvalue weighted by atomic mass is 9.94. The van der Waals surface area contributed by atoms with Crippen LogP contribution in [0.2, 0.25) is 0 Å². The number of hydrogen-bond acceptors (Lipinski definition) is 3. The summed E-state index contributed by atoms with van der Waals surface area (Å²) in [7, 11) is 0. The van der Waals surface area contributed by atoms with Gasteiger partial charge in [0.15, 0.2) is 0 Å². The van der Waals surface area contributed by atoms with Crippen molar-refractivity contribution >= 4 is 38.5 Å². The molecule has 4 heteroatoms. The SMILES string of the molecule is CC(/N=C(\NC(N)c1cccc(-c2cccc(-c3cccc(-c4cccc5oc6c7ccccc7ccc6c45)c3)c2)c1)c1ccc(-c2ccccc2)cc1)c1ccc(-c2ccccc2)cc1. The molecule has 0 saturated carbocycles. The van der Waals surface area contributed by atoms with Crippen LogP contribution in [-0.4, -0.2) is 5.84 Å². The highest BCUT2D eigenvalue weighted by Gasteiger charge is 2.17. The first-order valence-corrected chi connectivity index (χ1v) is 22.6. The fourth-order valence-electron chi connectivity index (χ4n) is 9.18. The first-order valence-electron chi connectivity index (χ1n) is 22.6. The molecule has 0 fully saturated rings. The van der Waals surface area contributed by atoms with E-state index in [0.29, 0.717) is 0 Å². The van der Waals surface area contributed by atoms with E-state index in [2.05, 4.69) is 237 Å². The van der Waals surface area contributed by atoms with Crippen LogP contribution in [-0.2, 0) is 0 Å². The Labute approximate surface area is 385 Å². The third-order valence-electron chi connectivity index (χ3n) is 12.7. The lowest BCUT2D eigenvalue weighted by Crippen LogP contribution is -2.35. The Hall–Kier alpha value is -8.31. The zero-order valence-corrected chi connectivity index (χ0v) is 36.6. The first kappa shape index (κ1) is 40.5. The Morgan fingerprint density at radius 3 is 1.65 bits per heavy atom. The van der Waals surface area contributed by atoms with E-state index in [4.69, 9.17) is 15.1 Å². The first-order chi connectivity index (χ1) is 32.5. The van der Waals surface area contributed by atoms with Gasteiger partial charge in [0.1, 0.15) is 23.2 Å². The Balaban J connectivity index is 0.882. The molecule has 0 aliphatic heterocycles. The average Bonchev–Trinajstić information content (AvgIpc) is 3.79. The topological polar surface area (TPSA) is 63.5 Å². The summed E-state index contributed by atoms with van der Waals surface area (Å²) in [6.07, 6.45) is -0.523. The molecule has 0 bridgehead atoms. The van der Waals surface area contributed by atoms with E-state index < -0.39 is 6.17 Å². The van der Waals surface area contributed by atoms with E-state index in [0.717, 1.165) is 88.8 Å². The van der Waals surface area contributed by atoms with E-state index in [1.54, 1.807) is 0 Å². The van der Waals surface area contributed by atoms with Gasteiger partial charge < -0.3 is 15.5 Å². The number of nitrogens with two attached hydrogens (primary N) is 1. The van der Waals surface area contributed by atoms with Crippen molar-refractivity contribution in [3.8, 4) is 55.6 Å². The average molecular weight is 850 g/mol. The molecule has 1 heterocycles. The summed E-state index contributed by atoms with van der Waals surface area (Å²) in [4.78, 5) is 5.30. The molecule has 4 nitrogen and oxygen atoms in total. The van der Waals surface area contributed by atoms with E-state index in [9.17, 15) is 0 Å². The Morgan fingerprint density at radius 2 is 0.970 bits per heavy atom. The molecule has 0 saturated heterocycles. The highest BCUT2D eigenvalue weighted by molar-refractivity contribution is 6.19. The van der Waals surface area contributed by atoms with Crippen LogP contribution in [0.3, 0.4) is 0 Å². The number of fused-ring (bicyclic) bond motifs is 5. The molecule has 2 atom stereocenters. The maximum atomic E-state index is 7.09. The normalized spacial score (nSPS) is 12.7. The Bertz CT molecular complexity index is 3520. The van der Waals surface area contributed by atoms with Gasteiger partial charge in [-0.3, -0.25) is 4.99 Å². The monoisotopic (exact) mass is 849 g/mol.